The number of Topliss-reactive ketones (excluding diaryl/α,β-unsaturated/α-hetero) is 1. The number of aryl methyl sites for hydroxylation is 1. The molecule has 0 saturated carbocycles. The Morgan fingerprint density at radius 3 is 2.22 bits per heavy atom. The predicted molar refractivity (Wildman–Crippen MR) is 396 cm³/mol. The van der Waals surface area contributed by atoms with Gasteiger partial charge in [0.05, 0.1) is 37.8 Å². The second kappa shape index (κ2) is 32.7. The van der Waals surface area contributed by atoms with Gasteiger partial charge in [-0.2, -0.15) is 0 Å². The number of halogens is 1. The third-order valence-corrected chi connectivity index (χ3v) is 26.4. The number of nitrogens with one attached hydrogen (secondary N) is 3. The maximum atomic E-state index is 14.6. The first kappa shape index (κ1) is 78.7. The molecule has 2 saturated heterocycles. The lowest BCUT2D eigenvalue weighted by Crippen LogP contribution is -2.60. The number of fused-ring (bicyclic) bond motifs is 9. The summed E-state index contributed by atoms with van der Waals surface area (Å²) in [4.78, 5) is 114. The molecule has 5 aromatic rings. The molecular formula is C78H103ClN8O15Si. The minimum absolute atomic E-state index is 0.00554. The van der Waals surface area contributed by atoms with E-state index < -0.39 is 110 Å². The molecule has 1 aromatic heterocycles. The summed E-state index contributed by atoms with van der Waals surface area (Å²) in [5.74, 6) is -4.80. The standard InChI is InChI=1S/C78H103ClN8O15Si/c1-47-25-23-26-48(2)78(96)44-64(99-74(94)82-78)49(3)71-77(9,101-71)65(43-68(91)85(12)61-40-52(39-47)41-63(97-14)69(61)79)100-73(93)51(5)84(11)67(90)34-37-81-72(92)50(4)70(102-103(15,16)76(6,7)8)62(88)33-24-36-80-66(89)35-38-87-54(42-53-27-17-22-32-60(53)87)45-83(10)86(13)75(95)98-46-59-57-30-20-18-28-55(57)56-29-19-21-31-58(56)59/h17-23,25-32,40-42,48-51,59,64-65,70-71,96H,24,33-39,43-46H2,1-16H3,(H,80,89)(H,81,92)(H,82,94)/b26-23+,47-25+/t48-,49-,50-,51+,64+,65+,70+,71+,77-,78+/m1/s1. The molecule has 9 rings (SSSR count). The Balaban J connectivity index is 0.784. The van der Waals surface area contributed by atoms with Crippen LogP contribution in [-0.4, -0.2) is 177 Å². The van der Waals surface area contributed by atoms with Crippen LogP contribution in [0.15, 0.2) is 115 Å². The number of anilines is 1. The zero-order valence-corrected chi connectivity index (χ0v) is 64.1. The fourth-order valence-electron chi connectivity index (χ4n) is 13.6. The van der Waals surface area contributed by atoms with Gasteiger partial charge < -0.3 is 58.2 Å². The molecule has 0 spiro atoms. The van der Waals surface area contributed by atoms with Crippen molar-refractivity contribution in [2.45, 2.75) is 186 Å². The number of aliphatic hydroxyl groups is 1. The Morgan fingerprint density at radius 1 is 0.893 bits per heavy atom. The molecule has 2 fully saturated rings. The van der Waals surface area contributed by atoms with E-state index in [0.29, 0.717) is 30.9 Å². The third kappa shape index (κ3) is 18.1. The van der Waals surface area contributed by atoms with E-state index in [1.807, 2.05) is 109 Å². The summed E-state index contributed by atoms with van der Waals surface area (Å²) < 4.78 is 38.8. The number of epoxide rings is 1. The first-order valence-electron chi connectivity index (χ1n) is 35.5. The van der Waals surface area contributed by atoms with Crippen molar-refractivity contribution in [3.8, 4) is 16.9 Å². The third-order valence-electron chi connectivity index (χ3n) is 21.6. The van der Waals surface area contributed by atoms with Gasteiger partial charge in [0, 0.05) is 102 Å². The molecule has 4 N–H and O–H groups in total. The Bertz CT molecular complexity index is 4010. The van der Waals surface area contributed by atoms with Gasteiger partial charge in [0.2, 0.25) is 23.6 Å². The van der Waals surface area contributed by atoms with Crippen molar-refractivity contribution in [3.63, 3.8) is 0 Å². The summed E-state index contributed by atoms with van der Waals surface area (Å²) in [7, 11) is 5.26. The summed E-state index contributed by atoms with van der Waals surface area (Å²) in [5.41, 5.74) is 5.39. The number of benzene rings is 4. The smallest absolute Gasteiger partial charge is 0.424 e. The molecule has 4 aromatic carbocycles. The number of esters is 1. The van der Waals surface area contributed by atoms with E-state index in [4.69, 9.17) is 39.7 Å². The summed E-state index contributed by atoms with van der Waals surface area (Å²) in [6.45, 7) is 21.3. The molecule has 1 aliphatic carbocycles. The Morgan fingerprint density at radius 2 is 1.55 bits per heavy atom. The second-order valence-electron chi connectivity index (χ2n) is 29.8. The van der Waals surface area contributed by atoms with E-state index in [1.54, 1.807) is 65.0 Å². The molecule has 6 amide bonds. The highest BCUT2D eigenvalue weighted by atomic mass is 35.5. The number of rotatable bonds is 24. The van der Waals surface area contributed by atoms with Crippen molar-refractivity contribution < 1.29 is 71.6 Å². The number of likely N-dealkylation sites (N-methyl/N-ethyl adjacent to an activating group) is 1. The second-order valence-corrected chi connectivity index (χ2v) is 35.0. The molecule has 4 bridgehead atoms. The number of methoxy groups -OCH3 is 1. The first-order chi connectivity index (χ1) is 48.6. The number of nitrogens with zero attached hydrogens (tertiary/aromatic N) is 5. The average Bonchev–Trinajstić information content (AvgIpc) is 1.57. The molecule has 4 aliphatic rings. The van der Waals surface area contributed by atoms with Crippen LogP contribution in [0, 0.1) is 17.8 Å². The maximum Gasteiger partial charge on any atom is 0.424 e. The highest BCUT2D eigenvalue weighted by Gasteiger charge is 2.64. The lowest BCUT2D eigenvalue weighted by Gasteiger charge is -2.41. The SMILES string of the molecule is COc1cc2cc(c1Cl)N(C)C(=O)C[C@H](OC(=O)[C@H](C)N(C)C(=O)CCNC(=O)[C@H](C)[C@H](O[Si](C)(C)C(C)(C)C)C(=O)CCCNC(=O)CCn1c(CN(C)N(C)C(=O)OCC3c4ccccc4-c4ccccc43)cc3ccccc31)[C@@]1(C)O[C@H]1[C@H](C)[C@@H]1C[C@@](O)(NC(=O)O1)[C@H](C)/C=C/C=C(\C)C2. The molecule has 0 radical (unpaired) electrons. The van der Waals surface area contributed by atoms with Gasteiger partial charge >= 0.3 is 18.2 Å². The van der Waals surface area contributed by atoms with Crippen LogP contribution in [0.4, 0.5) is 15.3 Å². The number of carbonyl (C=O) groups excluding carboxylic acids is 8. The van der Waals surface area contributed by atoms with Crippen LogP contribution in [0.3, 0.4) is 0 Å². The van der Waals surface area contributed by atoms with Crippen LogP contribution >= 0.6 is 11.6 Å². The van der Waals surface area contributed by atoms with Crippen molar-refractivity contribution in [1.82, 2.24) is 35.4 Å². The minimum Gasteiger partial charge on any atom is -0.495 e. The number of alkyl carbamates (subject to hydrolysis) is 1. The van der Waals surface area contributed by atoms with Crippen molar-refractivity contribution >= 4 is 84.1 Å². The molecule has 4 heterocycles. The number of amides is 6. The minimum atomic E-state index is -2.68. The molecule has 0 unspecified atom stereocenters. The topological polar surface area (TPSA) is 269 Å². The number of ketones is 1. The number of carbonyl (C=O) groups is 8. The van der Waals surface area contributed by atoms with E-state index >= 15 is 0 Å². The Kier molecular flexibility index (Phi) is 25.0. The molecule has 10 atom stereocenters. The molecule has 23 nitrogen and oxygen atoms in total. The number of para-hydroxylation sites is 1. The van der Waals surface area contributed by atoms with E-state index in [-0.39, 0.29) is 79.5 Å². The molecule has 103 heavy (non-hydrogen) atoms. The van der Waals surface area contributed by atoms with Gasteiger partial charge in [0.1, 0.15) is 53.1 Å². The summed E-state index contributed by atoms with van der Waals surface area (Å²) in [6, 6.07) is 28.7. The monoisotopic (exact) mass is 1450 g/mol. The lowest BCUT2D eigenvalue weighted by molar-refractivity contribution is -0.162. The highest BCUT2D eigenvalue weighted by Crippen LogP contribution is 2.50. The van der Waals surface area contributed by atoms with Crippen LogP contribution in [0.2, 0.25) is 23.2 Å². The highest BCUT2D eigenvalue weighted by molar-refractivity contribution is 6.74. The normalized spacial score (nSPS) is 23.1. The number of aromatic nitrogens is 1. The maximum absolute atomic E-state index is 14.6. The van der Waals surface area contributed by atoms with Crippen LogP contribution in [0.25, 0.3) is 22.0 Å². The van der Waals surface area contributed by atoms with Gasteiger partial charge in [0.25, 0.3) is 0 Å². The van der Waals surface area contributed by atoms with Crippen LogP contribution < -0.4 is 25.6 Å². The van der Waals surface area contributed by atoms with E-state index in [1.165, 1.54) is 35.9 Å². The summed E-state index contributed by atoms with van der Waals surface area (Å²) in [6.07, 6.45) is 0.401. The largest absolute Gasteiger partial charge is 0.495 e. The van der Waals surface area contributed by atoms with Crippen LogP contribution in [0.5, 0.6) is 5.75 Å². The van der Waals surface area contributed by atoms with Crippen LogP contribution in [0.1, 0.15) is 129 Å². The molecule has 3 aliphatic heterocycles. The zero-order chi connectivity index (χ0) is 75.2. The number of hydrogen-bond donors (Lipinski definition) is 4. The van der Waals surface area contributed by atoms with Gasteiger partial charge in [-0.3, -0.25) is 29.3 Å². The van der Waals surface area contributed by atoms with E-state index in [9.17, 15) is 43.5 Å². The number of hydrazine groups is 1. The predicted octanol–water partition coefficient (Wildman–Crippen LogP) is 11.4. The van der Waals surface area contributed by atoms with E-state index in [0.717, 1.165) is 50.0 Å². The lowest BCUT2D eigenvalue weighted by atomic mass is 9.82. The summed E-state index contributed by atoms with van der Waals surface area (Å²) in [5, 5.41) is 24.4. The number of ether oxygens (including phenoxy) is 5. The van der Waals surface area contributed by atoms with E-state index in [2.05, 4.69) is 50.8 Å². The molecule has 556 valence electrons. The number of allylic oxidation sites excluding steroid dienone is 3. The Labute approximate surface area is 611 Å². The van der Waals surface area contributed by atoms with Crippen LogP contribution in [-0.2, 0) is 71.7 Å². The fourth-order valence-corrected chi connectivity index (χ4v) is 15.2. The fraction of sp³-hybridized carbons (Fsp3) is 0.513. The Hall–Kier alpha value is -8.39. The van der Waals surface area contributed by atoms with Gasteiger partial charge in [-0.25, -0.2) is 24.4 Å². The first-order valence-corrected chi connectivity index (χ1v) is 38.8. The average molecular weight is 1460 g/mol. The van der Waals surface area contributed by atoms with Crippen molar-refractivity contribution in [3.05, 3.63) is 142 Å². The summed E-state index contributed by atoms with van der Waals surface area (Å²) >= 11 is 6.88. The van der Waals surface area contributed by atoms with Crippen molar-refractivity contribution in [1.29, 1.82) is 0 Å². The van der Waals surface area contributed by atoms with Crippen molar-refractivity contribution in [2.75, 3.05) is 59.9 Å². The zero-order valence-electron chi connectivity index (χ0n) is 62.4. The quantitative estimate of drug-likeness (QED) is 0.0112. The van der Waals surface area contributed by atoms with Crippen molar-refractivity contribution in [2.24, 2.45) is 17.8 Å². The number of hydrogen-bond acceptors (Lipinski definition) is 16. The molecule has 25 heteroatoms. The van der Waals surface area contributed by atoms with Gasteiger partial charge in [-0.15, -0.1) is 0 Å². The van der Waals surface area contributed by atoms with Gasteiger partial charge in [-0.05, 0) is 109 Å². The van der Waals surface area contributed by atoms with Gasteiger partial charge in [-0.1, -0.05) is 144 Å². The molecular weight excluding hydrogens is 1350 g/mol. The van der Waals surface area contributed by atoms with Gasteiger partial charge in [0.15, 0.2) is 14.1 Å².